The maximum absolute atomic E-state index is 16.5. The number of phenolic OH excluding ortho intramolecular Hbond substituents is 1. The molecule has 2 aliphatic heterocycles. The van der Waals surface area contributed by atoms with Crippen LogP contribution in [0.4, 0.5) is 13.2 Å². The van der Waals surface area contributed by atoms with Crippen molar-refractivity contribution in [3.8, 4) is 35.4 Å². The van der Waals surface area contributed by atoms with E-state index >= 15 is 4.39 Å². The van der Waals surface area contributed by atoms with E-state index in [0.717, 1.165) is 31.6 Å². The van der Waals surface area contributed by atoms with E-state index in [0.29, 0.717) is 31.2 Å². The van der Waals surface area contributed by atoms with Crippen molar-refractivity contribution in [3.63, 3.8) is 0 Å². The Morgan fingerprint density at radius 1 is 1.19 bits per heavy atom. The summed E-state index contributed by atoms with van der Waals surface area (Å²) in [5.41, 5.74) is -1.38. The van der Waals surface area contributed by atoms with Crippen LogP contribution in [-0.2, 0) is 9.84 Å². The molecule has 0 amide bonds. The molecule has 3 fully saturated rings. The number of alkyl halides is 1. The van der Waals surface area contributed by atoms with Gasteiger partial charge in [0, 0.05) is 30.1 Å². The fraction of sp³-hybridized carbons (Fsp3) is 0.387. The Kier molecular flexibility index (Phi) is 6.52. The van der Waals surface area contributed by atoms with E-state index in [1.165, 1.54) is 18.2 Å². The molecule has 1 aliphatic carbocycles. The molecule has 2 aromatic carbocycles. The predicted octanol–water partition coefficient (Wildman–Crippen LogP) is 5.09. The molecule has 3 aliphatic rings. The Bertz CT molecular complexity index is 1960. The number of aromatic hydroxyl groups is 1. The van der Waals surface area contributed by atoms with Crippen LogP contribution in [0.3, 0.4) is 0 Å². The standard InChI is InChI=1S/C31H27F3N4O4S/c1-2-21-24(33)8-7-17-11-19(39)12-22(25(17)21)27-26(34)28-23(14-35-27)29(43(40,41)20-5-3-6-20)37-30(36-28)42-16-31-9-4-10-38(31)15-18(32)13-31/h1,7-8,11-12,14,18,20,39H,3-6,9-10,13,15-16H2/t18-,31+/m1/s1. The quantitative estimate of drug-likeness (QED) is 0.238. The van der Waals surface area contributed by atoms with Gasteiger partial charge in [0.1, 0.15) is 35.6 Å². The second kappa shape index (κ2) is 10.1. The van der Waals surface area contributed by atoms with Crippen molar-refractivity contribution in [2.75, 3.05) is 19.7 Å². The Hall–Kier alpha value is -3.95. The Balaban J connectivity index is 1.41. The number of terminal acetylenes is 1. The summed E-state index contributed by atoms with van der Waals surface area (Å²) < 4.78 is 78.8. The molecule has 1 saturated carbocycles. The van der Waals surface area contributed by atoms with E-state index in [1.807, 2.05) is 4.90 Å². The molecule has 0 unspecified atom stereocenters. The van der Waals surface area contributed by atoms with Gasteiger partial charge < -0.3 is 9.84 Å². The number of hydrogen-bond donors (Lipinski definition) is 1. The number of rotatable bonds is 6. The molecule has 8 nitrogen and oxygen atoms in total. The summed E-state index contributed by atoms with van der Waals surface area (Å²) in [5.74, 6) is 0.330. The topological polar surface area (TPSA) is 106 Å². The van der Waals surface area contributed by atoms with Crippen molar-refractivity contribution >= 4 is 31.5 Å². The number of fused-ring (bicyclic) bond motifs is 3. The zero-order valence-electron chi connectivity index (χ0n) is 23.0. The van der Waals surface area contributed by atoms with Gasteiger partial charge in [0.2, 0.25) is 0 Å². The summed E-state index contributed by atoms with van der Waals surface area (Å²) in [6, 6.07) is 4.79. The molecule has 1 N–H and O–H groups in total. The van der Waals surface area contributed by atoms with Crippen LogP contribution in [-0.4, -0.2) is 70.0 Å². The fourth-order valence-corrected chi connectivity index (χ4v) is 8.65. The van der Waals surface area contributed by atoms with Crippen LogP contribution in [0.25, 0.3) is 32.9 Å². The van der Waals surface area contributed by atoms with Gasteiger partial charge in [-0.3, -0.25) is 9.88 Å². The van der Waals surface area contributed by atoms with Crippen molar-refractivity contribution in [1.29, 1.82) is 0 Å². The van der Waals surface area contributed by atoms with Gasteiger partial charge in [-0.05, 0) is 55.8 Å². The molecular weight excluding hydrogens is 581 g/mol. The second-order valence-corrected chi connectivity index (χ2v) is 13.8. The first-order valence-corrected chi connectivity index (χ1v) is 15.7. The Labute approximate surface area is 245 Å². The van der Waals surface area contributed by atoms with Crippen LogP contribution in [0.2, 0.25) is 0 Å². The van der Waals surface area contributed by atoms with Crippen LogP contribution >= 0.6 is 0 Å². The van der Waals surface area contributed by atoms with Crippen molar-refractivity contribution in [2.45, 2.75) is 60.5 Å². The van der Waals surface area contributed by atoms with Crippen molar-refractivity contribution in [2.24, 2.45) is 0 Å². The molecule has 2 atom stereocenters. The summed E-state index contributed by atoms with van der Waals surface area (Å²) in [7, 11) is -3.99. The fourth-order valence-electron chi connectivity index (χ4n) is 6.72. The zero-order chi connectivity index (χ0) is 30.1. The smallest absolute Gasteiger partial charge is 0.318 e. The van der Waals surface area contributed by atoms with Crippen LogP contribution in [0.15, 0.2) is 35.5 Å². The number of sulfone groups is 1. The number of phenols is 1. The number of halogens is 3. The third-order valence-electron chi connectivity index (χ3n) is 9.07. The van der Waals surface area contributed by atoms with Gasteiger partial charge in [0.15, 0.2) is 20.7 Å². The number of nitrogens with zero attached hydrogens (tertiary/aromatic N) is 4. The van der Waals surface area contributed by atoms with E-state index in [-0.39, 0.29) is 62.9 Å². The lowest BCUT2D eigenvalue weighted by molar-refractivity contribution is 0.107. The Morgan fingerprint density at radius 2 is 2.00 bits per heavy atom. The molecule has 0 radical (unpaired) electrons. The van der Waals surface area contributed by atoms with Crippen LogP contribution in [0.5, 0.6) is 11.8 Å². The van der Waals surface area contributed by atoms with Gasteiger partial charge >= 0.3 is 6.01 Å². The minimum atomic E-state index is -3.99. The molecule has 4 heterocycles. The van der Waals surface area contributed by atoms with Crippen LogP contribution in [0, 0.1) is 24.0 Å². The summed E-state index contributed by atoms with van der Waals surface area (Å²) in [6.45, 7) is 1.04. The summed E-state index contributed by atoms with van der Waals surface area (Å²) in [6.07, 6.45) is 9.25. The third-order valence-corrected chi connectivity index (χ3v) is 11.3. The minimum Gasteiger partial charge on any atom is -0.508 e. The highest BCUT2D eigenvalue weighted by Crippen LogP contribution is 2.42. The minimum absolute atomic E-state index is 0.00626. The van der Waals surface area contributed by atoms with Crippen molar-refractivity contribution < 1.29 is 31.4 Å². The molecule has 7 rings (SSSR count). The lowest BCUT2D eigenvalue weighted by Crippen LogP contribution is -2.43. The van der Waals surface area contributed by atoms with Crippen LogP contribution in [0.1, 0.15) is 44.1 Å². The molecular formula is C31H27F3N4O4S. The van der Waals surface area contributed by atoms with E-state index in [1.54, 1.807) is 0 Å². The number of aromatic nitrogens is 3. The first-order valence-electron chi connectivity index (χ1n) is 14.2. The SMILES string of the molecule is C#Cc1c(F)ccc2cc(O)cc(-c3ncc4c(S(=O)(=O)C5CCC5)nc(OC[C@@]56CCCN5C[C@H](F)C6)nc4c3F)c12. The van der Waals surface area contributed by atoms with Gasteiger partial charge in [0.25, 0.3) is 0 Å². The van der Waals surface area contributed by atoms with E-state index in [9.17, 15) is 22.3 Å². The predicted molar refractivity (Wildman–Crippen MR) is 153 cm³/mol. The number of hydrogen-bond acceptors (Lipinski definition) is 8. The number of ether oxygens (including phenoxy) is 1. The van der Waals surface area contributed by atoms with Crippen LogP contribution < -0.4 is 4.74 Å². The lowest BCUT2D eigenvalue weighted by Gasteiger charge is -2.31. The summed E-state index contributed by atoms with van der Waals surface area (Å²) in [5, 5.41) is 9.73. The maximum Gasteiger partial charge on any atom is 0.318 e. The third kappa shape index (κ3) is 4.40. The van der Waals surface area contributed by atoms with Crippen molar-refractivity contribution in [3.05, 3.63) is 47.7 Å². The first kappa shape index (κ1) is 27.9. The molecule has 0 bridgehead atoms. The summed E-state index contributed by atoms with van der Waals surface area (Å²) >= 11 is 0. The van der Waals surface area contributed by atoms with Gasteiger partial charge in [-0.15, -0.1) is 6.42 Å². The monoisotopic (exact) mass is 608 g/mol. The molecule has 4 aromatic rings. The highest BCUT2D eigenvalue weighted by molar-refractivity contribution is 7.92. The first-order chi connectivity index (χ1) is 20.6. The van der Waals surface area contributed by atoms with E-state index in [2.05, 4.69) is 20.9 Å². The van der Waals surface area contributed by atoms with Gasteiger partial charge in [0.05, 0.1) is 21.7 Å². The van der Waals surface area contributed by atoms with Crippen molar-refractivity contribution in [1.82, 2.24) is 19.9 Å². The average Bonchev–Trinajstić information content (AvgIpc) is 3.46. The van der Waals surface area contributed by atoms with E-state index in [4.69, 9.17) is 11.2 Å². The maximum atomic E-state index is 16.5. The normalized spacial score (nSPS) is 22.5. The molecule has 2 aromatic heterocycles. The molecule has 0 spiro atoms. The van der Waals surface area contributed by atoms with Gasteiger partial charge in [-0.2, -0.15) is 9.97 Å². The molecule has 2 saturated heterocycles. The largest absolute Gasteiger partial charge is 0.508 e. The second-order valence-electron chi connectivity index (χ2n) is 11.6. The highest BCUT2D eigenvalue weighted by Gasteiger charge is 2.49. The summed E-state index contributed by atoms with van der Waals surface area (Å²) in [4.78, 5) is 14.8. The van der Waals surface area contributed by atoms with E-state index < -0.39 is 38.4 Å². The molecule has 222 valence electrons. The van der Waals surface area contributed by atoms with Gasteiger partial charge in [-0.25, -0.2) is 21.6 Å². The number of pyridine rings is 1. The zero-order valence-corrected chi connectivity index (χ0v) is 23.8. The number of benzene rings is 2. The average molecular weight is 609 g/mol. The Morgan fingerprint density at radius 3 is 2.74 bits per heavy atom. The molecule has 43 heavy (non-hydrogen) atoms. The lowest BCUT2D eigenvalue weighted by atomic mass is 9.95. The highest BCUT2D eigenvalue weighted by atomic mass is 32.2. The molecule has 12 heteroatoms. The van der Waals surface area contributed by atoms with Gasteiger partial charge in [-0.1, -0.05) is 18.4 Å².